The molecule has 4 heterocycles. The molecule has 3 unspecified atom stereocenters. The molecule has 3 saturated heterocycles. The van der Waals surface area contributed by atoms with Gasteiger partial charge in [-0.2, -0.15) is 4.98 Å². The summed E-state index contributed by atoms with van der Waals surface area (Å²) in [5.41, 5.74) is 7.10. The molecule has 29 heavy (non-hydrogen) atoms. The summed E-state index contributed by atoms with van der Waals surface area (Å²) in [5, 5.41) is 0. The van der Waals surface area contributed by atoms with Gasteiger partial charge in [0.1, 0.15) is 5.52 Å². The highest BCUT2D eigenvalue weighted by Crippen LogP contribution is 2.36. The largest absolute Gasteiger partial charge is 0.423 e. The van der Waals surface area contributed by atoms with Crippen molar-refractivity contribution in [3.8, 4) is 0 Å². The number of para-hydroxylation sites is 1. The van der Waals surface area contributed by atoms with Crippen LogP contribution in [0.2, 0.25) is 0 Å². The van der Waals surface area contributed by atoms with E-state index in [0.717, 1.165) is 31.7 Å². The van der Waals surface area contributed by atoms with Gasteiger partial charge in [0.2, 0.25) is 0 Å². The van der Waals surface area contributed by atoms with Gasteiger partial charge in [-0.1, -0.05) is 12.5 Å². The van der Waals surface area contributed by atoms with Crippen molar-refractivity contribution in [1.82, 2.24) is 14.8 Å². The van der Waals surface area contributed by atoms with Gasteiger partial charge < -0.3 is 20.0 Å². The number of aromatic nitrogens is 1. The van der Waals surface area contributed by atoms with E-state index >= 15 is 0 Å². The topological polar surface area (TPSA) is 78.8 Å². The molecule has 0 saturated carbocycles. The van der Waals surface area contributed by atoms with Crippen LogP contribution in [0.3, 0.4) is 0 Å². The number of primary amides is 1. The number of carbonyl (C=O) groups is 1. The molecule has 3 fully saturated rings. The molecule has 3 aliphatic rings. The average molecular weight is 398 g/mol. The number of piperazine rings is 1. The highest BCUT2D eigenvalue weighted by atomic mass is 16.4. The number of hydrogen-bond acceptors (Lipinski definition) is 6. The van der Waals surface area contributed by atoms with Crippen molar-refractivity contribution in [1.29, 1.82) is 0 Å². The van der Waals surface area contributed by atoms with E-state index in [1.54, 1.807) is 12.1 Å². The van der Waals surface area contributed by atoms with Gasteiger partial charge >= 0.3 is 0 Å². The first-order valence-electron chi connectivity index (χ1n) is 10.9. The molecule has 7 nitrogen and oxygen atoms in total. The van der Waals surface area contributed by atoms with Crippen LogP contribution in [0.5, 0.6) is 0 Å². The van der Waals surface area contributed by atoms with Gasteiger partial charge in [-0.3, -0.25) is 9.69 Å². The van der Waals surface area contributed by atoms with Crippen LogP contribution in [-0.4, -0.2) is 71.5 Å². The van der Waals surface area contributed by atoms with Crippen LogP contribution in [-0.2, 0) is 0 Å². The fourth-order valence-corrected chi connectivity index (χ4v) is 5.75. The summed E-state index contributed by atoms with van der Waals surface area (Å²) in [4.78, 5) is 23.9. The fourth-order valence-electron chi connectivity index (χ4n) is 5.75. The minimum atomic E-state index is -0.471. The Kier molecular flexibility index (Phi) is 4.75. The van der Waals surface area contributed by atoms with Gasteiger partial charge in [0.05, 0.1) is 5.56 Å². The van der Waals surface area contributed by atoms with E-state index in [1.165, 1.54) is 32.1 Å². The third-order valence-corrected chi connectivity index (χ3v) is 7.41. The Balaban J connectivity index is 1.31. The van der Waals surface area contributed by atoms with E-state index in [-0.39, 0.29) is 0 Å². The number of carbonyl (C=O) groups excluding carboxylic acids is 1. The van der Waals surface area contributed by atoms with Crippen molar-refractivity contribution in [2.75, 3.05) is 31.6 Å². The number of piperidine rings is 2. The number of rotatable bonds is 3. The second-order valence-corrected chi connectivity index (χ2v) is 9.08. The molecule has 1 aromatic heterocycles. The van der Waals surface area contributed by atoms with E-state index < -0.39 is 5.91 Å². The highest BCUT2D eigenvalue weighted by Gasteiger charge is 2.40. The summed E-state index contributed by atoms with van der Waals surface area (Å²) in [6.07, 6.45) is 6.69. The molecule has 5 rings (SSSR count). The Labute approximate surface area is 171 Å². The average Bonchev–Trinajstić information content (AvgIpc) is 3.11. The quantitative estimate of drug-likeness (QED) is 0.857. The molecule has 0 aliphatic carbocycles. The first-order chi connectivity index (χ1) is 14.0. The van der Waals surface area contributed by atoms with Crippen LogP contribution in [0.15, 0.2) is 22.6 Å². The van der Waals surface area contributed by atoms with E-state index in [2.05, 4.69) is 33.7 Å². The third-order valence-electron chi connectivity index (χ3n) is 7.41. The Hall–Kier alpha value is -2.12. The molecular formula is C22H31N5O2. The second kappa shape index (κ2) is 7.29. The van der Waals surface area contributed by atoms with Gasteiger partial charge in [0, 0.05) is 43.8 Å². The maximum atomic E-state index is 11.7. The van der Waals surface area contributed by atoms with E-state index in [0.29, 0.717) is 34.8 Å². The monoisotopic (exact) mass is 397 g/mol. The van der Waals surface area contributed by atoms with Crippen LogP contribution in [0.4, 0.5) is 6.01 Å². The Morgan fingerprint density at radius 3 is 2.62 bits per heavy atom. The van der Waals surface area contributed by atoms with Gasteiger partial charge in [-0.25, -0.2) is 0 Å². The lowest BCUT2D eigenvalue weighted by Gasteiger charge is -2.51. The smallest absolute Gasteiger partial charge is 0.298 e. The lowest BCUT2D eigenvalue weighted by atomic mass is 9.81. The predicted octanol–water partition coefficient (Wildman–Crippen LogP) is 2.45. The molecule has 2 N–H and O–H groups in total. The number of fused-ring (bicyclic) bond motifs is 3. The minimum Gasteiger partial charge on any atom is -0.423 e. The maximum Gasteiger partial charge on any atom is 0.298 e. The molecule has 1 amide bonds. The molecule has 156 valence electrons. The number of benzene rings is 1. The number of nitrogens with two attached hydrogens (primary N) is 1. The van der Waals surface area contributed by atoms with E-state index in [9.17, 15) is 4.79 Å². The second-order valence-electron chi connectivity index (χ2n) is 9.08. The Morgan fingerprint density at radius 2 is 1.93 bits per heavy atom. The number of amides is 1. The molecule has 1 aromatic carbocycles. The molecule has 3 aliphatic heterocycles. The van der Waals surface area contributed by atoms with Crippen molar-refractivity contribution >= 4 is 23.0 Å². The molecule has 2 aromatic rings. The Morgan fingerprint density at radius 1 is 1.17 bits per heavy atom. The highest BCUT2D eigenvalue weighted by molar-refractivity contribution is 6.03. The molecule has 7 heteroatoms. The van der Waals surface area contributed by atoms with Crippen LogP contribution in [0.25, 0.3) is 11.1 Å². The first kappa shape index (κ1) is 18.9. The molecular weight excluding hydrogens is 366 g/mol. The summed E-state index contributed by atoms with van der Waals surface area (Å²) in [5.74, 6) is -0.471. The van der Waals surface area contributed by atoms with Crippen LogP contribution >= 0.6 is 0 Å². The summed E-state index contributed by atoms with van der Waals surface area (Å²) in [6.45, 7) is 5.18. The standard InChI is InChI=1S/C22H31N5O2/c1-14-13-26(17-11-15-5-3-6-16(12-17)25(15)2)9-10-27(14)22-24-20-18(21(23)28)7-4-8-19(20)29-22/h4,7-8,14-17H,3,5-6,9-13H2,1-2H3,(H2,23,28). The number of nitrogens with zero attached hydrogens (tertiary/aromatic N) is 4. The van der Waals surface area contributed by atoms with Crippen molar-refractivity contribution < 1.29 is 9.21 Å². The molecule has 2 bridgehead atoms. The summed E-state index contributed by atoms with van der Waals surface area (Å²) >= 11 is 0. The Bertz CT molecular complexity index is 898. The van der Waals surface area contributed by atoms with Gasteiger partial charge in [-0.05, 0) is 51.8 Å². The predicted molar refractivity (Wildman–Crippen MR) is 113 cm³/mol. The van der Waals surface area contributed by atoms with Crippen molar-refractivity contribution in [3.05, 3.63) is 23.8 Å². The third kappa shape index (κ3) is 3.30. The molecule has 3 atom stereocenters. The summed E-state index contributed by atoms with van der Waals surface area (Å²) in [7, 11) is 2.32. The zero-order chi connectivity index (χ0) is 20.1. The van der Waals surface area contributed by atoms with Crippen LogP contribution in [0.1, 0.15) is 49.4 Å². The first-order valence-corrected chi connectivity index (χ1v) is 10.9. The van der Waals surface area contributed by atoms with Gasteiger partial charge in [0.25, 0.3) is 11.9 Å². The zero-order valence-corrected chi connectivity index (χ0v) is 17.4. The number of anilines is 1. The van der Waals surface area contributed by atoms with Crippen LogP contribution < -0.4 is 10.6 Å². The lowest BCUT2D eigenvalue weighted by Crippen LogP contribution is -2.60. The number of oxazole rings is 1. The van der Waals surface area contributed by atoms with Gasteiger partial charge in [-0.15, -0.1) is 0 Å². The summed E-state index contributed by atoms with van der Waals surface area (Å²) < 4.78 is 6.01. The van der Waals surface area contributed by atoms with Crippen molar-refractivity contribution in [2.45, 2.75) is 63.2 Å². The van der Waals surface area contributed by atoms with E-state index in [1.807, 2.05) is 6.07 Å². The fraction of sp³-hybridized carbons (Fsp3) is 0.636. The SMILES string of the molecule is CC1CN(C2CC3CCCC(C2)N3C)CCN1c1nc2c(C(N)=O)cccc2o1. The van der Waals surface area contributed by atoms with Crippen molar-refractivity contribution in [3.63, 3.8) is 0 Å². The van der Waals surface area contributed by atoms with Crippen molar-refractivity contribution in [2.24, 2.45) is 5.73 Å². The van der Waals surface area contributed by atoms with Crippen LogP contribution in [0, 0.1) is 0 Å². The minimum absolute atomic E-state index is 0.313. The van der Waals surface area contributed by atoms with Gasteiger partial charge in [0.15, 0.2) is 5.58 Å². The normalized spacial score (nSPS) is 31.3. The zero-order valence-electron chi connectivity index (χ0n) is 17.4. The molecule has 0 radical (unpaired) electrons. The molecule has 0 spiro atoms. The summed E-state index contributed by atoms with van der Waals surface area (Å²) in [6, 6.07) is 8.45. The van der Waals surface area contributed by atoms with E-state index in [4.69, 9.17) is 10.2 Å². The lowest BCUT2D eigenvalue weighted by molar-refractivity contribution is 0.00375. The maximum absolute atomic E-state index is 11.7. The number of hydrogen-bond donors (Lipinski definition) is 1.